The van der Waals surface area contributed by atoms with E-state index < -0.39 is 10.0 Å². The molecule has 1 aliphatic carbocycles. The molecule has 0 unspecified atom stereocenters. The average Bonchev–Trinajstić information content (AvgIpc) is 2.98. The normalized spacial score (nSPS) is 17.4. The van der Waals surface area contributed by atoms with E-state index in [9.17, 15) is 8.42 Å². The van der Waals surface area contributed by atoms with Gasteiger partial charge in [-0.05, 0) is 43.9 Å². The van der Waals surface area contributed by atoms with Crippen LogP contribution in [-0.4, -0.2) is 21.5 Å². The zero-order chi connectivity index (χ0) is 13.0. The Labute approximate surface area is 113 Å². The minimum Gasteiger partial charge on any atom is -0.330 e. The van der Waals surface area contributed by atoms with Gasteiger partial charge in [-0.1, -0.05) is 12.8 Å². The lowest BCUT2D eigenvalue weighted by Gasteiger charge is -2.09. The van der Waals surface area contributed by atoms with Crippen molar-refractivity contribution in [2.75, 3.05) is 13.1 Å². The standard InChI is InChI=1S/C12H20N2O2S2/c13-8-7-11-5-6-12(17-11)18(15,16)14-9-10-3-1-2-4-10/h5-6,10,14H,1-4,7-9,13H2. The Hall–Kier alpha value is -0.430. The highest BCUT2D eigenvalue weighted by atomic mass is 32.2. The van der Waals surface area contributed by atoms with Crippen molar-refractivity contribution in [1.29, 1.82) is 0 Å². The Morgan fingerprint density at radius 2 is 2.06 bits per heavy atom. The number of thiophene rings is 1. The van der Waals surface area contributed by atoms with E-state index in [0.717, 1.165) is 24.1 Å². The van der Waals surface area contributed by atoms with Gasteiger partial charge in [0.05, 0.1) is 0 Å². The van der Waals surface area contributed by atoms with Crippen molar-refractivity contribution in [3.8, 4) is 0 Å². The van der Waals surface area contributed by atoms with Gasteiger partial charge in [-0.15, -0.1) is 11.3 Å². The number of sulfonamides is 1. The second-order valence-electron chi connectivity index (χ2n) is 4.76. The zero-order valence-corrected chi connectivity index (χ0v) is 12.0. The fourth-order valence-corrected chi connectivity index (χ4v) is 4.82. The maximum atomic E-state index is 12.1. The molecule has 0 amide bonds. The lowest BCUT2D eigenvalue weighted by atomic mass is 10.1. The molecule has 4 nitrogen and oxygen atoms in total. The predicted octanol–water partition coefficient (Wildman–Crippen LogP) is 1.72. The van der Waals surface area contributed by atoms with Gasteiger partial charge in [0, 0.05) is 11.4 Å². The molecule has 18 heavy (non-hydrogen) atoms. The minimum atomic E-state index is -3.32. The van der Waals surface area contributed by atoms with Crippen molar-refractivity contribution in [2.45, 2.75) is 36.3 Å². The first-order valence-electron chi connectivity index (χ1n) is 6.40. The summed E-state index contributed by atoms with van der Waals surface area (Å²) in [5.74, 6) is 0.517. The minimum absolute atomic E-state index is 0.406. The van der Waals surface area contributed by atoms with Gasteiger partial charge >= 0.3 is 0 Å². The second kappa shape index (κ2) is 6.14. The van der Waals surface area contributed by atoms with Crippen LogP contribution in [0.3, 0.4) is 0 Å². The average molecular weight is 288 g/mol. The summed E-state index contributed by atoms with van der Waals surface area (Å²) in [5.41, 5.74) is 5.46. The molecule has 0 aromatic carbocycles. The third-order valence-corrected chi connectivity index (χ3v) is 6.39. The lowest BCUT2D eigenvalue weighted by molar-refractivity contribution is 0.520. The summed E-state index contributed by atoms with van der Waals surface area (Å²) in [6, 6.07) is 3.52. The summed E-state index contributed by atoms with van der Waals surface area (Å²) in [6.45, 7) is 1.13. The highest BCUT2D eigenvalue weighted by Gasteiger charge is 2.20. The van der Waals surface area contributed by atoms with E-state index in [2.05, 4.69) is 4.72 Å². The van der Waals surface area contributed by atoms with Crippen LogP contribution < -0.4 is 10.5 Å². The number of nitrogens with two attached hydrogens (primary N) is 1. The summed E-state index contributed by atoms with van der Waals surface area (Å²) in [6.07, 6.45) is 5.48. The van der Waals surface area contributed by atoms with Crippen molar-refractivity contribution in [3.63, 3.8) is 0 Å². The van der Waals surface area contributed by atoms with Crippen molar-refractivity contribution in [3.05, 3.63) is 17.0 Å². The molecule has 102 valence electrons. The number of hydrogen-bond acceptors (Lipinski definition) is 4. The Morgan fingerprint density at radius 1 is 1.33 bits per heavy atom. The molecular weight excluding hydrogens is 268 g/mol. The molecule has 1 heterocycles. The summed E-state index contributed by atoms with van der Waals surface area (Å²) in [4.78, 5) is 1.03. The van der Waals surface area contributed by atoms with Crippen LogP contribution in [0.1, 0.15) is 30.6 Å². The highest BCUT2D eigenvalue weighted by Crippen LogP contribution is 2.25. The van der Waals surface area contributed by atoms with Gasteiger partial charge < -0.3 is 5.73 Å². The van der Waals surface area contributed by atoms with E-state index in [-0.39, 0.29) is 0 Å². The van der Waals surface area contributed by atoms with Crippen molar-refractivity contribution in [1.82, 2.24) is 4.72 Å². The molecule has 1 aliphatic rings. The molecule has 2 rings (SSSR count). The van der Waals surface area contributed by atoms with Gasteiger partial charge in [-0.2, -0.15) is 0 Å². The first-order chi connectivity index (χ1) is 8.62. The van der Waals surface area contributed by atoms with Gasteiger partial charge in [-0.3, -0.25) is 0 Å². The van der Waals surface area contributed by atoms with E-state index in [1.54, 1.807) is 6.07 Å². The van der Waals surface area contributed by atoms with E-state index in [4.69, 9.17) is 5.73 Å². The topological polar surface area (TPSA) is 72.2 Å². The molecule has 1 aromatic rings. The van der Waals surface area contributed by atoms with Crippen LogP contribution in [0.2, 0.25) is 0 Å². The van der Waals surface area contributed by atoms with Crippen LogP contribution in [-0.2, 0) is 16.4 Å². The summed E-state index contributed by atoms with van der Waals surface area (Å²) in [5, 5.41) is 0. The Bertz CT molecular complexity index is 476. The van der Waals surface area contributed by atoms with Gasteiger partial charge in [-0.25, -0.2) is 13.1 Å². The Kier molecular flexibility index (Phi) is 4.77. The number of rotatable bonds is 6. The fraction of sp³-hybridized carbons (Fsp3) is 0.667. The van der Waals surface area contributed by atoms with Crippen LogP contribution >= 0.6 is 11.3 Å². The maximum Gasteiger partial charge on any atom is 0.250 e. The highest BCUT2D eigenvalue weighted by molar-refractivity contribution is 7.91. The van der Waals surface area contributed by atoms with Gasteiger partial charge in [0.15, 0.2) is 0 Å². The van der Waals surface area contributed by atoms with E-state index in [1.807, 2.05) is 6.07 Å². The van der Waals surface area contributed by atoms with E-state index in [1.165, 1.54) is 24.2 Å². The Balaban J connectivity index is 1.95. The van der Waals surface area contributed by atoms with Crippen molar-refractivity contribution in [2.24, 2.45) is 11.7 Å². The summed E-state index contributed by atoms with van der Waals surface area (Å²) < 4.78 is 27.3. The predicted molar refractivity (Wildman–Crippen MR) is 74.2 cm³/mol. The van der Waals surface area contributed by atoms with E-state index >= 15 is 0 Å². The largest absolute Gasteiger partial charge is 0.330 e. The third-order valence-electron chi connectivity index (χ3n) is 3.33. The molecule has 1 saturated carbocycles. The number of hydrogen-bond donors (Lipinski definition) is 2. The quantitative estimate of drug-likeness (QED) is 0.837. The molecule has 3 N–H and O–H groups in total. The number of nitrogens with one attached hydrogen (secondary N) is 1. The van der Waals surface area contributed by atoms with Crippen LogP contribution in [0.25, 0.3) is 0 Å². The van der Waals surface area contributed by atoms with Crippen LogP contribution in [0.4, 0.5) is 0 Å². The van der Waals surface area contributed by atoms with E-state index in [0.29, 0.717) is 23.2 Å². The lowest BCUT2D eigenvalue weighted by Crippen LogP contribution is -2.27. The smallest absolute Gasteiger partial charge is 0.250 e. The van der Waals surface area contributed by atoms with Gasteiger partial charge in [0.2, 0.25) is 10.0 Å². The van der Waals surface area contributed by atoms with Crippen molar-refractivity contribution < 1.29 is 8.42 Å². The summed E-state index contributed by atoms with van der Waals surface area (Å²) in [7, 11) is -3.32. The second-order valence-corrected chi connectivity index (χ2v) is 7.92. The van der Waals surface area contributed by atoms with Gasteiger partial charge in [0.1, 0.15) is 4.21 Å². The fourth-order valence-electron chi connectivity index (χ4n) is 2.29. The molecule has 0 saturated heterocycles. The molecule has 0 bridgehead atoms. The first-order valence-corrected chi connectivity index (χ1v) is 8.70. The monoisotopic (exact) mass is 288 g/mol. The summed E-state index contributed by atoms with van der Waals surface area (Å²) >= 11 is 1.32. The maximum absolute atomic E-state index is 12.1. The molecule has 0 radical (unpaired) electrons. The third kappa shape index (κ3) is 3.54. The molecule has 0 aliphatic heterocycles. The molecule has 0 atom stereocenters. The molecule has 6 heteroatoms. The van der Waals surface area contributed by atoms with Crippen LogP contribution in [0.15, 0.2) is 16.3 Å². The molecule has 0 spiro atoms. The SMILES string of the molecule is NCCc1ccc(S(=O)(=O)NCC2CCCC2)s1. The first kappa shape index (κ1) is 14.0. The van der Waals surface area contributed by atoms with Gasteiger partial charge in [0.25, 0.3) is 0 Å². The molecule has 1 fully saturated rings. The van der Waals surface area contributed by atoms with Crippen LogP contribution in [0.5, 0.6) is 0 Å². The zero-order valence-electron chi connectivity index (χ0n) is 10.4. The molecule has 1 aromatic heterocycles. The molecular formula is C12H20N2O2S2. The van der Waals surface area contributed by atoms with Crippen LogP contribution in [0, 0.1) is 5.92 Å². The van der Waals surface area contributed by atoms with Crippen molar-refractivity contribution >= 4 is 21.4 Å². The Morgan fingerprint density at radius 3 is 2.72 bits per heavy atom.